The highest BCUT2D eigenvalue weighted by molar-refractivity contribution is 5.73. The van der Waals surface area contributed by atoms with Gasteiger partial charge in [-0.2, -0.15) is 0 Å². The van der Waals surface area contributed by atoms with Crippen LogP contribution in [0.2, 0.25) is 0 Å². The smallest absolute Gasteiger partial charge is 0.0512 e. The van der Waals surface area contributed by atoms with Crippen LogP contribution in [0.1, 0.15) is 40.2 Å². The number of hydrogen-bond donors (Lipinski definition) is 0. The van der Waals surface area contributed by atoms with Crippen molar-refractivity contribution in [1.29, 1.82) is 0 Å². The molecule has 116 valence electrons. The van der Waals surface area contributed by atoms with Crippen LogP contribution in [0, 0.1) is 20.8 Å². The van der Waals surface area contributed by atoms with Crippen LogP contribution in [-0.4, -0.2) is 6.21 Å². The van der Waals surface area contributed by atoms with Crippen molar-refractivity contribution in [3.8, 4) is 0 Å². The monoisotopic (exact) mass is 301 g/mol. The molecular weight excluding hydrogens is 278 g/mol. The molecule has 1 nitrogen and oxygen atoms in total. The molecule has 0 saturated carbocycles. The summed E-state index contributed by atoms with van der Waals surface area (Å²) in [6.07, 6.45) is 9.26. The van der Waals surface area contributed by atoms with Gasteiger partial charge in [0.25, 0.3) is 0 Å². The predicted octanol–water partition coefficient (Wildman–Crippen LogP) is 5.66. The fourth-order valence-electron chi connectivity index (χ4n) is 3.15. The highest BCUT2D eigenvalue weighted by Crippen LogP contribution is 2.36. The second kappa shape index (κ2) is 6.78. The molecule has 0 amide bonds. The first-order valence-electron chi connectivity index (χ1n) is 8.19. The van der Waals surface area contributed by atoms with E-state index in [0.29, 0.717) is 0 Å². The van der Waals surface area contributed by atoms with Gasteiger partial charge in [0.2, 0.25) is 0 Å². The summed E-state index contributed by atoms with van der Waals surface area (Å²) in [6, 6.07) is 15.4. The Hall–Kier alpha value is -2.41. The second-order valence-corrected chi connectivity index (χ2v) is 6.21. The number of benzene rings is 2. The van der Waals surface area contributed by atoms with E-state index < -0.39 is 0 Å². The zero-order valence-electron chi connectivity index (χ0n) is 14.1. The molecule has 1 atom stereocenters. The van der Waals surface area contributed by atoms with E-state index in [0.717, 1.165) is 12.1 Å². The standard InChI is InChI=1S/C22H23N/c1-16-9-7-11-19(15-16)22(21-13-5-4-6-14-23-21)20-12-8-10-17(2)18(20)3/h4,6-15,22H,5H2,1-3H3. The summed E-state index contributed by atoms with van der Waals surface area (Å²) in [4.78, 5) is 4.73. The Labute approximate surface area is 139 Å². The average molecular weight is 301 g/mol. The number of allylic oxidation sites excluding steroid dienone is 4. The molecule has 0 fully saturated rings. The molecule has 1 heteroatoms. The number of rotatable bonds is 3. The van der Waals surface area contributed by atoms with Crippen LogP contribution in [0.15, 0.2) is 71.4 Å². The fraction of sp³-hybridized carbons (Fsp3) is 0.227. The van der Waals surface area contributed by atoms with E-state index in [2.05, 4.69) is 75.4 Å². The molecule has 0 radical (unpaired) electrons. The van der Waals surface area contributed by atoms with E-state index in [1.807, 2.05) is 12.3 Å². The third-order valence-electron chi connectivity index (χ3n) is 4.54. The number of aryl methyl sites for hydroxylation is 2. The quantitative estimate of drug-likeness (QED) is 0.694. The van der Waals surface area contributed by atoms with E-state index in [4.69, 9.17) is 4.99 Å². The van der Waals surface area contributed by atoms with E-state index >= 15 is 0 Å². The maximum Gasteiger partial charge on any atom is 0.0512 e. The Morgan fingerprint density at radius 2 is 1.83 bits per heavy atom. The van der Waals surface area contributed by atoms with Crippen LogP contribution in [0.5, 0.6) is 0 Å². The molecule has 0 aliphatic carbocycles. The molecule has 23 heavy (non-hydrogen) atoms. The van der Waals surface area contributed by atoms with Gasteiger partial charge in [-0.15, -0.1) is 0 Å². The van der Waals surface area contributed by atoms with Crippen molar-refractivity contribution in [2.45, 2.75) is 33.1 Å². The van der Waals surface area contributed by atoms with Crippen molar-refractivity contribution in [1.82, 2.24) is 0 Å². The van der Waals surface area contributed by atoms with E-state index in [1.165, 1.54) is 27.8 Å². The normalized spacial score (nSPS) is 15.2. The summed E-state index contributed by atoms with van der Waals surface area (Å²) in [5.41, 5.74) is 7.76. The predicted molar refractivity (Wildman–Crippen MR) is 99.3 cm³/mol. The van der Waals surface area contributed by atoms with Crippen LogP contribution < -0.4 is 0 Å². The highest BCUT2D eigenvalue weighted by atomic mass is 14.7. The molecule has 2 aromatic rings. The molecule has 0 aromatic heterocycles. The molecule has 0 bridgehead atoms. The fourth-order valence-corrected chi connectivity index (χ4v) is 3.15. The molecule has 1 aliphatic rings. The van der Waals surface area contributed by atoms with Crippen LogP contribution in [0.3, 0.4) is 0 Å². The van der Waals surface area contributed by atoms with Crippen molar-refractivity contribution < 1.29 is 0 Å². The first-order valence-corrected chi connectivity index (χ1v) is 8.19. The third kappa shape index (κ3) is 3.34. The Morgan fingerprint density at radius 1 is 1.00 bits per heavy atom. The summed E-state index contributed by atoms with van der Waals surface area (Å²) in [7, 11) is 0. The molecule has 3 rings (SSSR count). The largest absolute Gasteiger partial charge is 0.261 e. The first-order chi connectivity index (χ1) is 11.2. The molecule has 2 aromatic carbocycles. The van der Waals surface area contributed by atoms with Crippen molar-refractivity contribution in [3.05, 3.63) is 94.2 Å². The lowest BCUT2D eigenvalue weighted by Gasteiger charge is -2.22. The van der Waals surface area contributed by atoms with Gasteiger partial charge in [0.05, 0.1) is 5.92 Å². The summed E-state index contributed by atoms with van der Waals surface area (Å²) in [5, 5.41) is 0. The van der Waals surface area contributed by atoms with Crippen LogP contribution in [-0.2, 0) is 0 Å². The maximum atomic E-state index is 4.73. The van der Waals surface area contributed by atoms with Gasteiger partial charge >= 0.3 is 0 Å². The first kappa shape index (κ1) is 15.5. The minimum absolute atomic E-state index is 0.186. The van der Waals surface area contributed by atoms with Gasteiger partial charge < -0.3 is 0 Å². The van der Waals surface area contributed by atoms with Crippen molar-refractivity contribution in [2.75, 3.05) is 0 Å². The van der Waals surface area contributed by atoms with E-state index in [9.17, 15) is 0 Å². The molecular formula is C22H23N. The Kier molecular flexibility index (Phi) is 4.57. The van der Waals surface area contributed by atoms with Gasteiger partial charge in [0.15, 0.2) is 0 Å². The highest BCUT2D eigenvalue weighted by Gasteiger charge is 2.21. The average Bonchev–Trinajstić information content (AvgIpc) is 2.81. The van der Waals surface area contributed by atoms with Crippen LogP contribution in [0.4, 0.5) is 0 Å². The molecule has 0 N–H and O–H groups in total. The summed E-state index contributed by atoms with van der Waals surface area (Å²) >= 11 is 0. The van der Waals surface area contributed by atoms with Gasteiger partial charge in [0.1, 0.15) is 0 Å². The van der Waals surface area contributed by atoms with Gasteiger partial charge in [-0.1, -0.05) is 60.2 Å². The third-order valence-corrected chi connectivity index (χ3v) is 4.54. The summed E-state index contributed by atoms with van der Waals surface area (Å²) in [6.45, 7) is 6.54. The van der Waals surface area contributed by atoms with Crippen LogP contribution in [0.25, 0.3) is 0 Å². The zero-order chi connectivity index (χ0) is 16.2. The Bertz CT molecular complexity index is 793. The number of nitrogens with zero attached hydrogens (tertiary/aromatic N) is 1. The van der Waals surface area contributed by atoms with Gasteiger partial charge in [-0.05, 0) is 55.5 Å². The van der Waals surface area contributed by atoms with Gasteiger partial charge in [0, 0.05) is 11.9 Å². The van der Waals surface area contributed by atoms with Gasteiger partial charge in [-0.3, -0.25) is 4.99 Å². The SMILES string of the molecule is Cc1cccc(C(C2=CCC=CC=N2)c2cccc(C)c2C)c1. The molecule has 1 aliphatic heterocycles. The number of aliphatic imine (C=N–C) groups is 1. The van der Waals surface area contributed by atoms with E-state index in [-0.39, 0.29) is 5.92 Å². The van der Waals surface area contributed by atoms with Crippen LogP contribution >= 0.6 is 0 Å². The second-order valence-electron chi connectivity index (χ2n) is 6.21. The van der Waals surface area contributed by atoms with Crippen molar-refractivity contribution >= 4 is 6.21 Å². The minimum atomic E-state index is 0.186. The zero-order valence-corrected chi connectivity index (χ0v) is 14.1. The topological polar surface area (TPSA) is 12.4 Å². The Morgan fingerprint density at radius 3 is 2.65 bits per heavy atom. The molecule has 1 unspecified atom stereocenters. The van der Waals surface area contributed by atoms with Crippen molar-refractivity contribution in [3.63, 3.8) is 0 Å². The summed E-state index contributed by atoms with van der Waals surface area (Å²) in [5.74, 6) is 0.186. The molecule has 0 spiro atoms. The lowest BCUT2D eigenvalue weighted by molar-refractivity contribution is 0.907. The lowest BCUT2D eigenvalue weighted by Crippen LogP contribution is -2.07. The number of hydrogen-bond acceptors (Lipinski definition) is 1. The Balaban J connectivity index is 2.18. The lowest BCUT2D eigenvalue weighted by atomic mass is 9.84. The molecule has 0 saturated heterocycles. The van der Waals surface area contributed by atoms with E-state index in [1.54, 1.807) is 0 Å². The summed E-state index contributed by atoms with van der Waals surface area (Å²) < 4.78 is 0. The minimum Gasteiger partial charge on any atom is -0.261 e. The van der Waals surface area contributed by atoms with Crippen molar-refractivity contribution in [2.24, 2.45) is 4.99 Å². The van der Waals surface area contributed by atoms with Gasteiger partial charge in [-0.25, -0.2) is 0 Å². The maximum absolute atomic E-state index is 4.73. The molecule has 1 heterocycles.